The summed E-state index contributed by atoms with van der Waals surface area (Å²) in [4.78, 5) is 27.5. The predicted octanol–water partition coefficient (Wildman–Crippen LogP) is 1.11. The van der Waals surface area contributed by atoms with Crippen molar-refractivity contribution >= 4 is 23.1 Å². The molecule has 160 valence electrons. The Labute approximate surface area is 178 Å². The van der Waals surface area contributed by atoms with E-state index in [1.807, 2.05) is 0 Å². The van der Waals surface area contributed by atoms with Crippen LogP contribution in [0.4, 0.5) is 11.5 Å². The number of benzene rings is 1. The lowest BCUT2D eigenvalue weighted by molar-refractivity contribution is -0.384. The van der Waals surface area contributed by atoms with Gasteiger partial charge in [-0.25, -0.2) is 4.63 Å². The monoisotopic (exact) mass is 434 g/mol. The summed E-state index contributed by atoms with van der Waals surface area (Å²) in [7, 11) is 0. The van der Waals surface area contributed by atoms with Gasteiger partial charge in [0.05, 0.1) is 10.6 Å². The van der Waals surface area contributed by atoms with Crippen LogP contribution in [0.1, 0.15) is 16.1 Å². The zero-order chi connectivity index (χ0) is 22.7. The first-order chi connectivity index (χ1) is 15.5. The van der Waals surface area contributed by atoms with Crippen LogP contribution in [-0.2, 0) is 0 Å². The lowest BCUT2D eigenvalue weighted by Gasteiger charge is -2.11. The molecule has 0 bridgehead atoms. The smallest absolute Gasteiger partial charge is 0.292 e. The molecule has 32 heavy (non-hydrogen) atoms. The van der Waals surface area contributed by atoms with E-state index in [0.29, 0.717) is 11.3 Å². The number of hydrazine groups is 1. The molecule has 1 amide bonds. The fraction of sp³-hybridized carbons (Fsp3) is 0. The van der Waals surface area contributed by atoms with Gasteiger partial charge in [0.15, 0.2) is 5.69 Å². The molecular formula is C18H14N10O4. The molecule has 0 saturated carbocycles. The predicted molar refractivity (Wildman–Crippen MR) is 110 cm³/mol. The van der Waals surface area contributed by atoms with Gasteiger partial charge in [0.25, 0.3) is 11.6 Å². The minimum Gasteiger partial charge on any atom is -0.378 e. The number of pyridine rings is 1. The van der Waals surface area contributed by atoms with Crippen LogP contribution in [0.15, 0.2) is 60.0 Å². The Balaban J connectivity index is 1.71. The summed E-state index contributed by atoms with van der Waals surface area (Å²) in [5.41, 5.74) is 11.9. The number of hydrogen-bond donors (Lipinski definition) is 3. The number of non-ortho nitro benzene ring substituents is 1. The Bertz CT molecular complexity index is 1310. The first kappa shape index (κ1) is 20.1. The van der Waals surface area contributed by atoms with Crippen LogP contribution in [0.25, 0.3) is 22.8 Å². The van der Waals surface area contributed by atoms with Crippen molar-refractivity contribution in [2.45, 2.75) is 0 Å². The number of amides is 1. The van der Waals surface area contributed by atoms with Crippen LogP contribution in [0.2, 0.25) is 0 Å². The molecule has 3 heterocycles. The van der Waals surface area contributed by atoms with Crippen molar-refractivity contribution in [1.29, 1.82) is 0 Å². The normalized spacial score (nSPS) is 10.5. The van der Waals surface area contributed by atoms with Crippen molar-refractivity contribution in [2.24, 2.45) is 0 Å². The van der Waals surface area contributed by atoms with Crippen LogP contribution < -0.4 is 16.6 Å². The van der Waals surface area contributed by atoms with E-state index in [2.05, 4.69) is 47.7 Å². The maximum atomic E-state index is 12.9. The van der Waals surface area contributed by atoms with E-state index in [1.165, 1.54) is 18.2 Å². The van der Waals surface area contributed by atoms with Gasteiger partial charge in [-0.1, -0.05) is 23.9 Å². The molecule has 4 rings (SSSR count). The summed E-state index contributed by atoms with van der Waals surface area (Å²) in [5, 5.41) is 26.2. The molecule has 4 aromatic rings. The Kier molecular flexibility index (Phi) is 5.23. The van der Waals surface area contributed by atoms with Crippen LogP contribution in [0.3, 0.4) is 0 Å². The second-order valence-corrected chi connectivity index (χ2v) is 6.28. The van der Waals surface area contributed by atoms with Crippen molar-refractivity contribution in [3.63, 3.8) is 0 Å². The lowest BCUT2D eigenvalue weighted by atomic mass is 10.1. The number of carbonyl (C=O) groups excluding carboxylic acids is 1. The average molecular weight is 434 g/mol. The maximum absolute atomic E-state index is 12.9. The molecule has 0 aliphatic heterocycles. The number of rotatable bonds is 7. The van der Waals surface area contributed by atoms with Crippen LogP contribution in [-0.4, -0.2) is 41.1 Å². The third-order valence-electron chi connectivity index (χ3n) is 4.25. The number of hydrogen-bond acceptors (Lipinski definition) is 11. The second kappa shape index (κ2) is 8.31. The van der Waals surface area contributed by atoms with Crippen molar-refractivity contribution in [2.75, 3.05) is 5.73 Å². The van der Waals surface area contributed by atoms with E-state index in [-0.39, 0.29) is 34.3 Å². The summed E-state index contributed by atoms with van der Waals surface area (Å²) in [5.74, 6) is -0.847. The fourth-order valence-electron chi connectivity index (χ4n) is 2.75. The van der Waals surface area contributed by atoms with Gasteiger partial charge in [-0.3, -0.25) is 30.7 Å². The number of nitrogens with zero attached hydrogens (tertiary/aromatic N) is 7. The molecule has 4 N–H and O–H groups in total. The molecule has 0 fully saturated rings. The first-order valence-electron chi connectivity index (χ1n) is 8.90. The number of carbonyl (C=O) groups is 1. The summed E-state index contributed by atoms with van der Waals surface area (Å²) >= 11 is 0. The van der Waals surface area contributed by atoms with Gasteiger partial charge < -0.3 is 5.73 Å². The highest BCUT2D eigenvalue weighted by Crippen LogP contribution is 2.28. The van der Waals surface area contributed by atoms with Crippen LogP contribution in [0, 0.1) is 10.1 Å². The van der Waals surface area contributed by atoms with E-state index >= 15 is 0 Å². The molecule has 0 atom stereocenters. The number of nitrogens with two attached hydrogens (primary N) is 1. The second-order valence-electron chi connectivity index (χ2n) is 6.28. The van der Waals surface area contributed by atoms with E-state index in [4.69, 9.17) is 5.73 Å². The van der Waals surface area contributed by atoms with Crippen LogP contribution in [0.5, 0.6) is 0 Å². The van der Waals surface area contributed by atoms with Crippen molar-refractivity contribution in [3.8, 4) is 17.1 Å². The number of nitrogen functional groups attached to an aromatic ring is 1. The molecule has 0 saturated heterocycles. The number of nitro groups is 1. The molecule has 0 aliphatic carbocycles. The summed E-state index contributed by atoms with van der Waals surface area (Å²) in [6.07, 6.45) is 3.16. The van der Waals surface area contributed by atoms with Gasteiger partial charge in [0.2, 0.25) is 11.6 Å². The Morgan fingerprint density at radius 2 is 2.06 bits per heavy atom. The Morgan fingerprint density at radius 3 is 2.75 bits per heavy atom. The molecular weight excluding hydrogens is 420 g/mol. The van der Waals surface area contributed by atoms with E-state index in [0.717, 1.165) is 4.68 Å². The molecule has 3 aromatic heterocycles. The minimum absolute atomic E-state index is 0.0363. The van der Waals surface area contributed by atoms with Crippen LogP contribution >= 0.6 is 0 Å². The highest BCUT2D eigenvalue weighted by molar-refractivity contribution is 5.98. The number of anilines is 1. The molecule has 14 nitrogen and oxygen atoms in total. The Hall–Kier alpha value is -5.14. The van der Waals surface area contributed by atoms with Gasteiger partial charge >= 0.3 is 0 Å². The molecule has 0 spiro atoms. The highest BCUT2D eigenvalue weighted by Gasteiger charge is 2.26. The van der Waals surface area contributed by atoms with E-state index < -0.39 is 10.8 Å². The van der Waals surface area contributed by atoms with Gasteiger partial charge in [0.1, 0.15) is 5.69 Å². The first-order valence-corrected chi connectivity index (χ1v) is 8.90. The maximum Gasteiger partial charge on any atom is 0.292 e. The third kappa shape index (κ3) is 3.82. The number of nitro benzene ring substituents is 1. The van der Waals surface area contributed by atoms with Gasteiger partial charge in [-0.15, -0.1) is 5.10 Å². The number of aromatic nitrogens is 6. The van der Waals surface area contributed by atoms with Gasteiger partial charge in [-0.05, 0) is 22.4 Å². The quantitative estimate of drug-likeness (QED) is 0.278. The molecule has 0 unspecified atom stereocenters. The van der Waals surface area contributed by atoms with Gasteiger partial charge in [0, 0.05) is 35.7 Å². The van der Waals surface area contributed by atoms with E-state index in [1.54, 1.807) is 30.6 Å². The van der Waals surface area contributed by atoms with E-state index in [9.17, 15) is 14.9 Å². The molecule has 0 aliphatic rings. The zero-order valence-corrected chi connectivity index (χ0v) is 16.2. The third-order valence-corrected chi connectivity index (χ3v) is 4.25. The largest absolute Gasteiger partial charge is 0.378 e. The fourth-order valence-corrected chi connectivity index (χ4v) is 2.75. The summed E-state index contributed by atoms with van der Waals surface area (Å²) in [6.45, 7) is 3.83. The molecule has 14 heteroatoms. The van der Waals surface area contributed by atoms with Crippen molar-refractivity contribution < 1.29 is 14.3 Å². The molecule has 1 aromatic carbocycles. The van der Waals surface area contributed by atoms with Gasteiger partial charge in [-0.2, -0.15) is 4.68 Å². The summed E-state index contributed by atoms with van der Waals surface area (Å²) < 4.78 is 5.70. The summed E-state index contributed by atoms with van der Waals surface area (Å²) in [6, 6.07) is 9.04. The standard InChI is InChI=1S/C18H14N10O4/c1-10(12-5-3-7-20-9-12)21-23-18(29)14-15(11-4-2-6-13(8-11)28(30)31)27(26-22-14)17-16(19)24-32-25-17/h2-9,21H,1H2,(H2,19,24)(H,23,29). The topological polar surface area (TPSA) is 193 Å². The SMILES string of the molecule is C=C(NNC(=O)c1nnn(-c2nonc2N)c1-c1cccc([N+](=O)[O-])c1)c1cccnc1. The Morgan fingerprint density at radius 1 is 1.22 bits per heavy atom. The van der Waals surface area contributed by atoms with Crippen molar-refractivity contribution in [3.05, 3.63) is 76.7 Å². The lowest BCUT2D eigenvalue weighted by Crippen LogP contribution is -2.36. The van der Waals surface area contributed by atoms with Crippen molar-refractivity contribution in [1.82, 2.24) is 41.1 Å². The zero-order valence-electron chi connectivity index (χ0n) is 16.2. The highest BCUT2D eigenvalue weighted by atomic mass is 16.6. The number of nitrogens with one attached hydrogen (secondary N) is 2. The average Bonchev–Trinajstić information content (AvgIpc) is 3.43. The molecule has 0 radical (unpaired) electrons. The minimum atomic E-state index is -0.696.